The van der Waals surface area contributed by atoms with Gasteiger partial charge in [0.05, 0.1) is 31.9 Å². The summed E-state index contributed by atoms with van der Waals surface area (Å²) in [5.74, 6) is 4.77. The molecule has 10 N–H and O–H groups in total. The molecule has 30 nitrogen and oxygen atoms in total. The molecule has 9 fully saturated rings. The Labute approximate surface area is 800 Å². The van der Waals surface area contributed by atoms with Crippen LogP contribution < -0.4 is 31.9 Å². The maximum Gasteiger partial charge on any atom is 0.407 e. The number of aliphatic hydroxyl groups excluding tert-OH is 4. The highest BCUT2D eigenvalue weighted by atomic mass is 28.4. The molecule has 1 unspecified atom stereocenters. The van der Waals surface area contributed by atoms with Gasteiger partial charge in [-0.05, 0) is 162 Å². The molecule has 6 aromatic carbocycles. The van der Waals surface area contributed by atoms with Gasteiger partial charge in [-0.3, -0.25) is 0 Å². The summed E-state index contributed by atoms with van der Waals surface area (Å²) >= 11 is 0. The van der Waals surface area contributed by atoms with Gasteiger partial charge in [0.25, 0.3) is 0 Å². The number of carbonyl (C=O) groups excluding carboxylic acids is 5. The fourth-order valence-electron chi connectivity index (χ4n) is 22.6. The van der Waals surface area contributed by atoms with Gasteiger partial charge in [-0.2, -0.15) is 0 Å². The van der Waals surface area contributed by atoms with E-state index >= 15 is 0 Å². The highest BCUT2D eigenvalue weighted by Crippen LogP contribution is 2.69. The topological polar surface area (TPSA) is 377 Å². The van der Waals surface area contributed by atoms with Crippen LogP contribution in [0, 0.1) is 52.3 Å². The van der Waals surface area contributed by atoms with Gasteiger partial charge in [0, 0.05) is 24.7 Å². The zero-order chi connectivity index (χ0) is 95.8. The molecule has 0 radical (unpaired) electrons. The van der Waals surface area contributed by atoms with E-state index in [1.165, 1.54) is 51.4 Å². The van der Waals surface area contributed by atoms with Crippen molar-refractivity contribution >= 4 is 38.8 Å². The Morgan fingerprint density at radius 1 is 0.485 bits per heavy atom. The van der Waals surface area contributed by atoms with E-state index in [-0.39, 0.29) is 77.3 Å². The van der Waals surface area contributed by atoms with Gasteiger partial charge in [0.1, 0.15) is 118 Å². The summed E-state index contributed by atoms with van der Waals surface area (Å²) in [7, 11) is -2.84. The molecule has 742 valence electrons. The molecular weight excluding hydrogens is 1760 g/mol. The van der Waals surface area contributed by atoms with E-state index in [1.54, 1.807) is 121 Å². The molecule has 5 amide bonds. The molecule has 4 saturated heterocycles. The fourth-order valence-corrected chi connectivity index (χ4v) is 23.6. The lowest BCUT2D eigenvalue weighted by atomic mass is 9.44. The predicted octanol–water partition coefficient (Wildman–Crippen LogP) is 14.9. The Balaban J connectivity index is 0.788. The average Bonchev–Trinajstić information content (AvgIpc) is 1.51. The van der Waals surface area contributed by atoms with Gasteiger partial charge in [-0.1, -0.05) is 257 Å². The minimum Gasteiger partial charge on any atom is -0.445 e. The maximum atomic E-state index is 14.9. The zero-order valence-electron chi connectivity index (χ0n) is 80.2. The van der Waals surface area contributed by atoms with Crippen LogP contribution in [-0.4, -0.2) is 214 Å². The first-order valence-corrected chi connectivity index (χ1v) is 52.2. The first kappa shape index (κ1) is 102. The van der Waals surface area contributed by atoms with Gasteiger partial charge < -0.3 is 123 Å². The molecule has 4 aliphatic heterocycles. The first-order chi connectivity index (χ1) is 65.4. The highest BCUT2D eigenvalue weighted by molar-refractivity contribution is 6.74. The molecule has 15 rings (SSSR count). The summed E-state index contributed by atoms with van der Waals surface area (Å²) in [5.41, 5.74) is 4.46. The van der Waals surface area contributed by atoms with Crippen molar-refractivity contribution in [1.82, 2.24) is 31.9 Å². The van der Waals surface area contributed by atoms with Crippen LogP contribution in [-0.2, 0) is 104 Å². The van der Waals surface area contributed by atoms with Gasteiger partial charge >= 0.3 is 30.5 Å². The SMILES string of the molecule is CC(C)CCC[C@@H](C)[C@H]1CC[C@H]2[C@@H]3CC[C@H]4C[C@@H](NCCO[C@H]5[C@H](O[C@@H]6[C@@H](O)[C@H](NC(=O)OCc7ccccc7)C[C@H](NC(=O)OCc7ccccc7)[C@H]6O[C@H]6O[C@@H]7COC(c8ccccc8)O[C@H]7[C@H](O)[C@H]6NC(=O)OCc6ccccc6)O[C@H](CO[Si](C)(C)C(C)(C)C)[C@H]5O[C@H]5O[C@@H](CNC(=O)OCc6ccccc6)[C@@H](O)[C@H](O)[C@H]5NC(=O)OCc5ccccc5)CC[C@]4(C)[C@H]3CC[C@]12C. The third-order valence-electron chi connectivity index (χ3n) is 31.1. The quantitative estimate of drug-likeness (QED) is 0.00992. The van der Waals surface area contributed by atoms with Crippen LogP contribution in [0.25, 0.3) is 0 Å². The number of alkyl carbamates (subject to hydrolysis) is 5. The van der Waals surface area contributed by atoms with Gasteiger partial charge in [0.2, 0.25) is 0 Å². The number of amides is 5. The number of rotatable bonds is 36. The second-order valence-corrected chi connectivity index (χ2v) is 46.2. The zero-order valence-corrected chi connectivity index (χ0v) is 81.2. The van der Waals surface area contributed by atoms with E-state index in [1.807, 2.05) is 60.7 Å². The largest absolute Gasteiger partial charge is 0.445 e. The maximum absolute atomic E-state index is 14.9. The summed E-state index contributed by atoms with van der Waals surface area (Å²) in [6.07, 6.45) is -15.9. The molecule has 0 aromatic heterocycles. The normalized spacial score (nSPS) is 33.4. The van der Waals surface area contributed by atoms with Crippen molar-refractivity contribution in [2.45, 2.75) is 319 Å². The molecule has 136 heavy (non-hydrogen) atoms. The Kier molecular flexibility index (Phi) is 34.8. The van der Waals surface area contributed by atoms with Crippen LogP contribution in [0.4, 0.5) is 24.0 Å². The molecule has 4 heterocycles. The van der Waals surface area contributed by atoms with Crippen molar-refractivity contribution in [3.05, 3.63) is 215 Å². The van der Waals surface area contributed by atoms with Crippen molar-refractivity contribution in [3.8, 4) is 0 Å². The van der Waals surface area contributed by atoms with Gasteiger partial charge in [0.15, 0.2) is 33.5 Å². The molecule has 0 bridgehead atoms. The third kappa shape index (κ3) is 25.4. The van der Waals surface area contributed by atoms with Crippen molar-refractivity contribution in [2.24, 2.45) is 52.3 Å². The fraction of sp³-hybridized carbons (Fsp3) is 0.610. The summed E-state index contributed by atoms with van der Waals surface area (Å²) in [4.78, 5) is 72.2. The molecule has 29 atom stereocenters. The standard InChI is InChI=1S/C105H144N6O24Si/c1-64(2)30-29-31-65(3)75-46-47-76-74-45-44-72-54-73(48-50-104(72,7)77(74)49-51-105(75,76)8)106-52-53-121-93-91(134-95-83(110-101(119)126-60-69-38-23-14-24-39-69)87(114)86(113)80(129-95)56-107-98(116)123-57-66-32-17-11-18-33-66)82(63-128-136(9,10)103(4,5)6)131-97(93)135-92-85(112)78(108-99(117)124-58-67-34-19-12-20-35-67)55-79(109-100(118)125-59-68-36-21-13-22-37-68)89(92)132-96-84(111-102(120)127-61-70-40-25-15-26-41-70)88(115)90-81(130-96)62-122-94(133-90)71-42-27-16-28-43-71/h11-28,32-43,64-65,72-97,106,112-115H,29-31,44-63H2,1-10H3,(H,107,116)(H,108,117)(H,109,118)(H,110,119)(H,111,120)/t65-,72+,73+,74+,75-,76+,77+,78-,79+,80+,81-,82-,83-,84-,85+,86-,87-,88-,89-,90-,91-,92-,93-,94?,95-,96-,97+,104+,105-/m1/s1. The van der Waals surface area contributed by atoms with Crippen molar-refractivity contribution in [2.75, 3.05) is 32.9 Å². The molecular formula is C105H144N6O24Si. The Bertz CT molecular complexity index is 4760. The number of benzene rings is 6. The van der Waals surface area contributed by atoms with Crippen LogP contribution in [0.2, 0.25) is 18.1 Å². The lowest BCUT2D eigenvalue weighted by molar-refractivity contribution is -0.358. The smallest absolute Gasteiger partial charge is 0.407 e. The van der Waals surface area contributed by atoms with Crippen LogP contribution in [0.15, 0.2) is 182 Å². The number of aliphatic hydroxyl groups is 4. The summed E-state index contributed by atoms with van der Waals surface area (Å²) in [6.45, 7) is 21.3. The van der Waals surface area contributed by atoms with Gasteiger partial charge in [-0.15, -0.1) is 0 Å². The van der Waals surface area contributed by atoms with Crippen LogP contribution >= 0.6 is 0 Å². The number of fused-ring (bicyclic) bond motifs is 6. The van der Waals surface area contributed by atoms with Crippen LogP contribution in [0.5, 0.6) is 0 Å². The molecule has 9 aliphatic rings. The summed E-state index contributed by atoms with van der Waals surface area (Å²) < 4.78 is 99.8. The second-order valence-electron chi connectivity index (χ2n) is 41.4. The average molecular weight is 1900 g/mol. The lowest BCUT2D eigenvalue weighted by Gasteiger charge is -2.61. The number of hydrogen-bond acceptors (Lipinski definition) is 25. The lowest BCUT2D eigenvalue weighted by Crippen LogP contribution is -2.71. The van der Waals surface area contributed by atoms with Crippen molar-refractivity contribution in [3.63, 3.8) is 0 Å². The Hall–Kier alpha value is -8.71. The molecule has 0 spiro atoms. The van der Waals surface area contributed by atoms with E-state index in [0.29, 0.717) is 68.4 Å². The number of ether oxygens (including phenoxy) is 14. The van der Waals surface area contributed by atoms with E-state index in [2.05, 4.69) is 100 Å². The van der Waals surface area contributed by atoms with E-state index in [0.717, 1.165) is 37.5 Å². The predicted molar refractivity (Wildman–Crippen MR) is 506 cm³/mol. The van der Waals surface area contributed by atoms with Crippen molar-refractivity contribution < 1.29 is 115 Å². The number of carbonyl (C=O) groups is 5. The van der Waals surface area contributed by atoms with Crippen LogP contribution in [0.3, 0.4) is 0 Å². The highest BCUT2D eigenvalue weighted by Gasteiger charge is 2.63. The van der Waals surface area contributed by atoms with Crippen LogP contribution in [0.1, 0.15) is 179 Å². The third-order valence-corrected chi connectivity index (χ3v) is 35.6. The minimum atomic E-state index is -2.84. The minimum absolute atomic E-state index is 0.0522. The number of nitrogens with one attached hydrogen (secondary N) is 6. The Morgan fingerprint density at radius 2 is 0.978 bits per heavy atom. The molecule has 31 heteroatoms. The summed E-state index contributed by atoms with van der Waals surface area (Å²) in [5, 5.41) is 69.3. The Morgan fingerprint density at radius 3 is 1.54 bits per heavy atom. The first-order valence-electron chi connectivity index (χ1n) is 49.2. The van der Waals surface area contributed by atoms with E-state index < -0.39 is 173 Å². The number of hydrogen-bond donors (Lipinski definition) is 10. The molecule has 5 aliphatic carbocycles. The van der Waals surface area contributed by atoms with E-state index in [9.17, 15) is 44.4 Å². The molecule has 5 saturated carbocycles. The van der Waals surface area contributed by atoms with E-state index in [4.69, 9.17) is 70.7 Å². The second kappa shape index (κ2) is 46.6. The summed E-state index contributed by atoms with van der Waals surface area (Å²) in [6, 6.07) is 48.0. The van der Waals surface area contributed by atoms with Crippen molar-refractivity contribution in [1.29, 1.82) is 0 Å². The van der Waals surface area contributed by atoms with Gasteiger partial charge in [-0.25, -0.2) is 24.0 Å². The monoisotopic (exact) mass is 1900 g/mol. The molecule has 6 aromatic rings.